The molecule has 3 N–H and O–H groups in total. The normalized spacial score (nSPS) is 10.4. The maximum absolute atomic E-state index is 11.7. The van der Waals surface area contributed by atoms with Gasteiger partial charge in [0.05, 0.1) is 12.8 Å². The molecule has 7 nitrogen and oxygen atoms in total. The molecular weight excluding hydrogens is 310 g/mol. The second kappa shape index (κ2) is 8.33. The van der Waals surface area contributed by atoms with Gasteiger partial charge in [-0.05, 0) is 61.0 Å². The number of rotatable bonds is 5. The Kier molecular flexibility index (Phi) is 5.90. The van der Waals surface area contributed by atoms with E-state index in [1.807, 2.05) is 6.92 Å². The first-order valence-corrected chi connectivity index (χ1v) is 7.24. The van der Waals surface area contributed by atoms with Crippen molar-refractivity contribution in [2.45, 2.75) is 6.92 Å². The number of nitrogens with zero attached hydrogens (tertiary/aromatic N) is 1. The predicted octanol–water partition coefficient (Wildman–Crippen LogP) is 1.88. The minimum absolute atomic E-state index is 0.130. The van der Waals surface area contributed by atoms with Crippen LogP contribution in [-0.4, -0.2) is 29.7 Å². The minimum Gasteiger partial charge on any atom is -0.508 e. The molecule has 0 aliphatic heterocycles. The van der Waals surface area contributed by atoms with E-state index in [1.54, 1.807) is 36.4 Å². The number of hydrazone groups is 1. The lowest BCUT2D eigenvalue weighted by molar-refractivity contribution is -0.136. The van der Waals surface area contributed by atoms with E-state index in [-0.39, 0.29) is 5.75 Å². The van der Waals surface area contributed by atoms with Crippen LogP contribution in [0.4, 0.5) is 5.69 Å². The van der Waals surface area contributed by atoms with Gasteiger partial charge in [-0.1, -0.05) is 0 Å². The van der Waals surface area contributed by atoms with Crippen molar-refractivity contribution >= 4 is 23.7 Å². The van der Waals surface area contributed by atoms with E-state index in [0.717, 1.165) is 0 Å². The van der Waals surface area contributed by atoms with E-state index < -0.39 is 11.8 Å². The number of carbonyl (C=O) groups is 2. The second-order valence-electron chi connectivity index (χ2n) is 4.70. The lowest BCUT2D eigenvalue weighted by Crippen LogP contribution is -2.32. The van der Waals surface area contributed by atoms with Crippen LogP contribution in [0.1, 0.15) is 12.5 Å². The van der Waals surface area contributed by atoms with Gasteiger partial charge in [-0.3, -0.25) is 9.59 Å². The Hall–Kier alpha value is -3.35. The molecule has 0 saturated carbocycles. The molecule has 0 spiro atoms. The number of phenols is 1. The summed E-state index contributed by atoms with van der Waals surface area (Å²) >= 11 is 0. The largest absolute Gasteiger partial charge is 0.508 e. The minimum atomic E-state index is -0.890. The number of aromatic hydroxyl groups is 1. The molecule has 24 heavy (non-hydrogen) atoms. The summed E-state index contributed by atoms with van der Waals surface area (Å²) in [7, 11) is 0. The Balaban J connectivity index is 1.85. The number of benzene rings is 2. The summed E-state index contributed by atoms with van der Waals surface area (Å²) in [6.45, 7) is 2.42. The van der Waals surface area contributed by atoms with Gasteiger partial charge in [-0.15, -0.1) is 0 Å². The van der Waals surface area contributed by atoms with Gasteiger partial charge >= 0.3 is 11.8 Å². The van der Waals surface area contributed by atoms with Crippen LogP contribution >= 0.6 is 0 Å². The zero-order valence-corrected chi connectivity index (χ0v) is 13.0. The maximum Gasteiger partial charge on any atom is 0.329 e. The molecule has 124 valence electrons. The van der Waals surface area contributed by atoms with Gasteiger partial charge in [0.25, 0.3) is 0 Å². The SMILES string of the molecule is CCOc1ccc(NC(=O)C(=O)N/N=C\c2ccc(O)cc2)cc1. The number of ether oxygens (including phenoxy) is 1. The van der Waals surface area contributed by atoms with Crippen LogP contribution in [0.2, 0.25) is 0 Å². The molecule has 0 fully saturated rings. The molecule has 0 aliphatic rings. The molecular formula is C17H17N3O4. The highest BCUT2D eigenvalue weighted by Gasteiger charge is 2.12. The van der Waals surface area contributed by atoms with Crippen molar-refractivity contribution in [2.24, 2.45) is 5.10 Å². The summed E-state index contributed by atoms with van der Waals surface area (Å²) < 4.78 is 5.29. The number of amides is 2. The van der Waals surface area contributed by atoms with Gasteiger partial charge in [0.1, 0.15) is 11.5 Å². The summed E-state index contributed by atoms with van der Waals surface area (Å²) in [5, 5.41) is 15.3. The Morgan fingerprint density at radius 2 is 1.75 bits per heavy atom. The van der Waals surface area contributed by atoms with E-state index in [9.17, 15) is 9.59 Å². The zero-order chi connectivity index (χ0) is 17.4. The number of hydrogen-bond acceptors (Lipinski definition) is 5. The number of nitrogens with one attached hydrogen (secondary N) is 2. The van der Waals surface area contributed by atoms with Crippen LogP contribution < -0.4 is 15.5 Å². The number of carbonyl (C=O) groups excluding carboxylic acids is 2. The molecule has 0 atom stereocenters. The third-order valence-electron chi connectivity index (χ3n) is 2.90. The van der Waals surface area contributed by atoms with Crippen molar-refractivity contribution in [3.05, 3.63) is 54.1 Å². The summed E-state index contributed by atoms with van der Waals surface area (Å²) in [5.41, 5.74) is 3.27. The van der Waals surface area contributed by atoms with Gasteiger partial charge in [-0.25, -0.2) is 5.43 Å². The molecule has 0 aliphatic carbocycles. The van der Waals surface area contributed by atoms with Crippen molar-refractivity contribution in [3.8, 4) is 11.5 Å². The summed E-state index contributed by atoms with van der Waals surface area (Å²) in [6, 6.07) is 12.9. The van der Waals surface area contributed by atoms with Crippen LogP contribution in [0.15, 0.2) is 53.6 Å². The van der Waals surface area contributed by atoms with Crippen LogP contribution in [0.25, 0.3) is 0 Å². The number of phenolic OH excluding ortho intramolecular Hbond substituents is 1. The number of hydrogen-bond donors (Lipinski definition) is 3. The Morgan fingerprint density at radius 3 is 2.38 bits per heavy atom. The molecule has 0 saturated heterocycles. The van der Waals surface area contributed by atoms with Crippen LogP contribution in [-0.2, 0) is 9.59 Å². The Labute approximate surface area is 139 Å². The monoisotopic (exact) mass is 327 g/mol. The highest BCUT2D eigenvalue weighted by molar-refractivity contribution is 6.39. The summed E-state index contributed by atoms with van der Waals surface area (Å²) in [6.07, 6.45) is 1.36. The molecule has 7 heteroatoms. The first-order chi connectivity index (χ1) is 11.6. The molecule has 0 unspecified atom stereocenters. The van der Waals surface area contributed by atoms with Crippen molar-refractivity contribution in [1.29, 1.82) is 0 Å². The summed E-state index contributed by atoms with van der Waals surface area (Å²) in [4.78, 5) is 23.4. The lowest BCUT2D eigenvalue weighted by Gasteiger charge is -2.06. The zero-order valence-electron chi connectivity index (χ0n) is 13.0. The van der Waals surface area contributed by atoms with Crippen molar-refractivity contribution in [1.82, 2.24) is 5.43 Å². The molecule has 0 radical (unpaired) electrons. The van der Waals surface area contributed by atoms with Gasteiger partial charge in [0.15, 0.2) is 0 Å². The molecule has 2 aromatic rings. The van der Waals surface area contributed by atoms with Crippen molar-refractivity contribution in [3.63, 3.8) is 0 Å². The highest BCUT2D eigenvalue weighted by atomic mass is 16.5. The lowest BCUT2D eigenvalue weighted by atomic mass is 10.2. The molecule has 0 aromatic heterocycles. The third-order valence-corrected chi connectivity index (χ3v) is 2.90. The van der Waals surface area contributed by atoms with Crippen molar-refractivity contribution < 1.29 is 19.4 Å². The standard InChI is InChI=1S/C17H17N3O4/c1-2-24-15-9-5-13(6-10-15)19-16(22)17(23)20-18-11-12-3-7-14(21)8-4-12/h3-11,21H,2H2,1H3,(H,19,22)(H,20,23)/b18-11-. The predicted molar refractivity (Wildman–Crippen MR) is 90.1 cm³/mol. The maximum atomic E-state index is 11.7. The van der Waals surface area contributed by atoms with Gasteiger partial charge in [0.2, 0.25) is 0 Å². The summed E-state index contributed by atoms with van der Waals surface area (Å²) in [5.74, 6) is -0.912. The van der Waals surface area contributed by atoms with Crippen LogP contribution in [0, 0.1) is 0 Å². The van der Waals surface area contributed by atoms with Gasteiger partial charge in [-0.2, -0.15) is 5.10 Å². The van der Waals surface area contributed by atoms with E-state index in [2.05, 4.69) is 15.8 Å². The Bertz CT molecular complexity index is 725. The average Bonchev–Trinajstić information content (AvgIpc) is 2.58. The smallest absolute Gasteiger partial charge is 0.329 e. The van der Waals surface area contributed by atoms with Gasteiger partial charge in [0, 0.05) is 5.69 Å². The van der Waals surface area contributed by atoms with Crippen LogP contribution in [0.5, 0.6) is 11.5 Å². The van der Waals surface area contributed by atoms with E-state index >= 15 is 0 Å². The van der Waals surface area contributed by atoms with Gasteiger partial charge < -0.3 is 15.2 Å². The molecule has 2 amide bonds. The van der Waals surface area contributed by atoms with E-state index in [1.165, 1.54) is 18.3 Å². The first-order valence-electron chi connectivity index (χ1n) is 7.24. The quantitative estimate of drug-likeness (QED) is 0.443. The van der Waals surface area contributed by atoms with E-state index in [4.69, 9.17) is 9.84 Å². The number of anilines is 1. The molecule has 2 aromatic carbocycles. The first kappa shape index (κ1) is 17.0. The highest BCUT2D eigenvalue weighted by Crippen LogP contribution is 2.15. The van der Waals surface area contributed by atoms with Crippen molar-refractivity contribution in [2.75, 3.05) is 11.9 Å². The average molecular weight is 327 g/mol. The Morgan fingerprint density at radius 1 is 1.08 bits per heavy atom. The fraction of sp³-hybridized carbons (Fsp3) is 0.118. The van der Waals surface area contributed by atoms with Crippen LogP contribution in [0.3, 0.4) is 0 Å². The third kappa shape index (κ3) is 5.13. The van der Waals surface area contributed by atoms with E-state index in [0.29, 0.717) is 23.6 Å². The molecule has 0 heterocycles. The molecule has 0 bridgehead atoms. The molecule has 2 rings (SSSR count). The second-order valence-corrected chi connectivity index (χ2v) is 4.70. The topological polar surface area (TPSA) is 100 Å². The fourth-order valence-electron chi connectivity index (χ4n) is 1.77. The fourth-order valence-corrected chi connectivity index (χ4v) is 1.77.